The van der Waals surface area contributed by atoms with Crippen molar-refractivity contribution in [3.8, 4) is 0 Å². The van der Waals surface area contributed by atoms with Crippen LogP contribution in [0.15, 0.2) is 66.1 Å². The molecule has 2 aliphatic rings. The second-order valence-corrected chi connectivity index (χ2v) is 5.81. The van der Waals surface area contributed by atoms with Gasteiger partial charge in [-0.05, 0) is 41.7 Å². The number of nitrogens with zero attached hydrogens (tertiary/aromatic N) is 2. The van der Waals surface area contributed by atoms with Gasteiger partial charge in [0.05, 0.1) is 5.69 Å². The molecule has 2 aliphatic carbocycles. The van der Waals surface area contributed by atoms with Crippen molar-refractivity contribution in [2.45, 2.75) is 25.2 Å². The Kier molecular flexibility index (Phi) is 3.19. The number of carbonyl (C=O) groups excluding carboxylic acids is 1. The summed E-state index contributed by atoms with van der Waals surface area (Å²) < 4.78 is 0. The minimum absolute atomic E-state index is 0.270. The van der Waals surface area contributed by atoms with E-state index in [-0.39, 0.29) is 5.78 Å². The Bertz CT molecular complexity index is 776. The summed E-state index contributed by atoms with van der Waals surface area (Å²) in [6.07, 6.45) is 7.70. The summed E-state index contributed by atoms with van der Waals surface area (Å²) in [6.45, 7) is 0. The topological polar surface area (TPSA) is 42.9 Å². The number of hydrogen-bond acceptors (Lipinski definition) is 3. The van der Waals surface area contributed by atoms with E-state index in [9.17, 15) is 4.79 Å². The third-order valence-electron chi connectivity index (χ3n) is 4.54. The van der Waals surface area contributed by atoms with Crippen molar-refractivity contribution in [3.05, 3.63) is 77.4 Å². The van der Waals surface area contributed by atoms with Gasteiger partial charge < -0.3 is 0 Å². The summed E-state index contributed by atoms with van der Waals surface area (Å²) in [5, 5.41) is 0. The third-order valence-corrected chi connectivity index (χ3v) is 4.54. The zero-order chi connectivity index (χ0) is 14.9. The Morgan fingerprint density at radius 1 is 1.09 bits per heavy atom. The Hall–Kier alpha value is -2.55. The van der Waals surface area contributed by atoms with Crippen molar-refractivity contribution < 1.29 is 4.79 Å². The number of benzene rings is 1. The quantitative estimate of drug-likeness (QED) is 0.846. The highest BCUT2D eigenvalue weighted by molar-refractivity contribution is 6.04. The summed E-state index contributed by atoms with van der Waals surface area (Å²) in [5.74, 6) is 0.621. The van der Waals surface area contributed by atoms with E-state index in [1.165, 1.54) is 11.1 Å². The van der Waals surface area contributed by atoms with Crippen LogP contribution in [0, 0.1) is 0 Å². The van der Waals surface area contributed by atoms with Crippen LogP contribution < -0.4 is 0 Å². The second-order valence-electron chi connectivity index (χ2n) is 5.81. The Morgan fingerprint density at radius 2 is 1.95 bits per heavy atom. The van der Waals surface area contributed by atoms with Gasteiger partial charge >= 0.3 is 0 Å². The van der Waals surface area contributed by atoms with Crippen LogP contribution >= 0.6 is 0 Å². The van der Waals surface area contributed by atoms with E-state index < -0.39 is 0 Å². The first kappa shape index (κ1) is 13.1. The lowest BCUT2D eigenvalue weighted by Gasteiger charge is -2.24. The van der Waals surface area contributed by atoms with Gasteiger partial charge in [-0.1, -0.05) is 30.3 Å². The standard InChI is InChI=1S/C19H16N2O/c22-19-7-6-15(13-4-2-1-3-5-13)16-10-14(11-17(16)19)18-8-9-20-12-21-18/h1-5,8-9,11-12,15H,6-7,10H2. The van der Waals surface area contributed by atoms with Crippen molar-refractivity contribution in [1.29, 1.82) is 0 Å². The van der Waals surface area contributed by atoms with E-state index in [1.54, 1.807) is 12.5 Å². The minimum atomic E-state index is 0.270. The maximum Gasteiger partial charge on any atom is 0.162 e. The van der Waals surface area contributed by atoms with Crippen molar-refractivity contribution in [2.75, 3.05) is 0 Å². The van der Waals surface area contributed by atoms with Gasteiger partial charge in [0.25, 0.3) is 0 Å². The number of Topliss-reactive ketones (excluding diaryl/α,β-unsaturated/α-hetero) is 1. The minimum Gasteiger partial charge on any atom is -0.294 e. The lowest BCUT2D eigenvalue weighted by molar-refractivity contribution is -0.115. The summed E-state index contributed by atoms with van der Waals surface area (Å²) in [7, 11) is 0. The summed E-state index contributed by atoms with van der Waals surface area (Å²) in [6, 6.07) is 12.4. The second kappa shape index (κ2) is 5.34. The SMILES string of the molecule is O=C1CCC(c2ccccc2)C2=C1C=C(c1ccncn1)C2. The predicted molar refractivity (Wildman–Crippen MR) is 85.1 cm³/mol. The highest BCUT2D eigenvalue weighted by Gasteiger charge is 2.32. The van der Waals surface area contributed by atoms with Gasteiger partial charge in [0.1, 0.15) is 6.33 Å². The molecule has 1 aromatic carbocycles. The van der Waals surface area contributed by atoms with E-state index in [0.29, 0.717) is 12.3 Å². The third kappa shape index (κ3) is 2.19. The van der Waals surface area contributed by atoms with Crippen molar-refractivity contribution in [1.82, 2.24) is 9.97 Å². The van der Waals surface area contributed by atoms with Crippen LogP contribution in [0.25, 0.3) is 5.57 Å². The van der Waals surface area contributed by atoms with Crippen LogP contribution in [0.3, 0.4) is 0 Å². The molecular weight excluding hydrogens is 272 g/mol. The first-order chi connectivity index (χ1) is 10.8. The average Bonchev–Trinajstić information content (AvgIpc) is 3.03. The number of aromatic nitrogens is 2. The van der Waals surface area contributed by atoms with E-state index in [2.05, 4.69) is 34.2 Å². The molecule has 1 atom stereocenters. The fourth-order valence-corrected chi connectivity index (χ4v) is 3.47. The number of hydrogen-bond donors (Lipinski definition) is 0. The van der Waals surface area contributed by atoms with Crippen molar-refractivity contribution >= 4 is 11.4 Å². The molecule has 0 aliphatic heterocycles. The molecular formula is C19H16N2O. The maximum atomic E-state index is 12.3. The fourth-order valence-electron chi connectivity index (χ4n) is 3.47. The maximum absolute atomic E-state index is 12.3. The molecule has 22 heavy (non-hydrogen) atoms. The lowest BCUT2D eigenvalue weighted by Crippen LogP contribution is -2.15. The largest absolute Gasteiger partial charge is 0.294 e. The molecule has 3 nitrogen and oxygen atoms in total. The van der Waals surface area contributed by atoms with E-state index in [1.807, 2.05) is 18.2 Å². The smallest absolute Gasteiger partial charge is 0.162 e. The van der Waals surface area contributed by atoms with Crippen LogP contribution in [-0.4, -0.2) is 15.8 Å². The Balaban J connectivity index is 1.71. The fraction of sp³-hybridized carbons (Fsp3) is 0.211. The molecule has 2 aromatic rings. The number of ketones is 1. The Labute approximate surface area is 129 Å². The normalized spacial score (nSPS) is 20.8. The van der Waals surface area contributed by atoms with Gasteiger partial charge in [0.15, 0.2) is 5.78 Å². The van der Waals surface area contributed by atoms with Gasteiger partial charge in [0.2, 0.25) is 0 Å². The van der Waals surface area contributed by atoms with E-state index in [4.69, 9.17) is 0 Å². The van der Waals surface area contributed by atoms with Gasteiger partial charge in [-0.3, -0.25) is 4.79 Å². The Morgan fingerprint density at radius 3 is 2.73 bits per heavy atom. The molecule has 1 unspecified atom stereocenters. The molecule has 1 aromatic heterocycles. The zero-order valence-electron chi connectivity index (χ0n) is 12.2. The predicted octanol–water partition coefficient (Wildman–Crippen LogP) is 3.71. The van der Waals surface area contributed by atoms with Gasteiger partial charge in [-0.15, -0.1) is 0 Å². The van der Waals surface area contributed by atoms with Crippen molar-refractivity contribution in [2.24, 2.45) is 0 Å². The van der Waals surface area contributed by atoms with Gasteiger partial charge in [0, 0.05) is 24.1 Å². The highest BCUT2D eigenvalue weighted by atomic mass is 16.1. The summed E-state index contributed by atoms with van der Waals surface area (Å²) >= 11 is 0. The van der Waals surface area contributed by atoms with Crippen LogP contribution in [0.1, 0.15) is 36.4 Å². The highest BCUT2D eigenvalue weighted by Crippen LogP contribution is 2.45. The van der Waals surface area contributed by atoms with E-state index >= 15 is 0 Å². The number of allylic oxidation sites excluding steroid dienone is 4. The van der Waals surface area contributed by atoms with E-state index in [0.717, 1.165) is 29.7 Å². The van der Waals surface area contributed by atoms with Crippen LogP contribution in [0.5, 0.6) is 0 Å². The van der Waals surface area contributed by atoms with Gasteiger partial charge in [-0.2, -0.15) is 0 Å². The van der Waals surface area contributed by atoms with Gasteiger partial charge in [-0.25, -0.2) is 9.97 Å². The molecule has 0 saturated heterocycles. The molecule has 0 N–H and O–H groups in total. The molecule has 0 saturated carbocycles. The average molecular weight is 288 g/mol. The van der Waals surface area contributed by atoms with Crippen LogP contribution in [0.4, 0.5) is 0 Å². The molecule has 4 rings (SSSR count). The molecule has 0 bridgehead atoms. The molecule has 3 heteroatoms. The summed E-state index contributed by atoms with van der Waals surface area (Å²) in [4.78, 5) is 20.6. The number of carbonyl (C=O) groups is 1. The van der Waals surface area contributed by atoms with Crippen LogP contribution in [-0.2, 0) is 4.79 Å². The monoisotopic (exact) mass is 288 g/mol. The molecule has 0 amide bonds. The molecule has 0 spiro atoms. The van der Waals surface area contributed by atoms with Crippen LogP contribution in [0.2, 0.25) is 0 Å². The molecule has 0 fully saturated rings. The zero-order valence-corrected chi connectivity index (χ0v) is 12.2. The van der Waals surface area contributed by atoms with Crippen molar-refractivity contribution in [3.63, 3.8) is 0 Å². The summed E-state index contributed by atoms with van der Waals surface area (Å²) in [5.41, 5.74) is 5.53. The molecule has 108 valence electrons. The number of rotatable bonds is 2. The molecule has 1 heterocycles. The lowest BCUT2D eigenvalue weighted by atomic mass is 9.79. The first-order valence-corrected chi connectivity index (χ1v) is 7.61. The molecule has 0 radical (unpaired) electrons. The first-order valence-electron chi connectivity index (χ1n) is 7.61.